The van der Waals surface area contributed by atoms with Gasteiger partial charge in [-0.1, -0.05) is 12.1 Å². The zero-order valence-electron chi connectivity index (χ0n) is 11.6. The smallest absolute Gasteiger partial charge is 0.338 e. The number of thiophene rings is 1. The number of esters is 1. The second-order valence-electron chi connectivity index (χ2n) is 5.35. The standard InChI is InChI=1S/C16H15NO2S/c1-16(2,3)19-15(18)12-6-4-11(5-7-12)13-8-9-20-14(13)10-17/h4-9H,1-3H3. The lowest BCUT2D eigenvalue weighted by molar-refractivity contribution is 0.00696. The number of hydrogen-bond donors (Lipinski definition) is 0. The molecular weight excluding hydrogens is 270 g/mol. The molecule has 0 bridgehead atoms. The number of hydrogen-bond acceptors (Lipinski definition) is 4. The van der Waals surface area contributed by atoms with Crippen LogP contribution in [0.15, 0.2) is 35.7 Å². The van der Waals surface area contributed by atoms with Crippen molar-refractivity contribution in [1.29, 1.82) is 5.26 Å². The first-order chi connectivity index (χ1) is 9.40. The topological polar surface area (TPSA) is 50.1 Å². The minimum Gasteiger partial charge on any atom is -0.456 e. The van der Waals surface area contributed by atoms with Gasteiger partial charge >= 0.3 is 5.97 Å². The van der Waals surface area contributed by atoms with Crippen molar-refractivity contribution >= 4 is 17.3 Å². The Morgan fingerprint density at radius 2 is 1.85 bits per heavy atom. The summed E-state index contributed by atoms with van der Waals surface area (Å²) in [6, 6.07) is 11.2. The van der Waals surface area contributed by atoms with Gasteiger partial charge in [-0.15, -0.1) is 11.3 Å². The van der Waals surface area contributed by atoms with Crippen LogP contribution >= 0.6 is 11.3 Å². The monoisotopic (exact) mass is 285 g/mol. The number of rotatable bonds is 2. The Kier molecular flexibility index (Phi) is 3.91. The summed E-state index contributed by atoms with van der Waals surface area (Å²) in [5, 5.41) is 10.9. The Morgan fingerprint density at radius 1 is 1.20 bits per heavy atom. The molecule has 0 saturated carbocycles. The van der Waals surface area contributed by atoms with Crippen LogP contribution < -0.4 is 0 Å². The molecule has 20 heavy (non-hydrogen) atoms. The second kappa shape index (κ2) is 5.48. The van der Waals surface area contributed by atoms with Crippen LogP contribution in [0.4, 0.5) is 0 Å². The van der Waals surface area contributed by atoms with E-state index in [1.54, 1.807) is 12.1 Å². The van der Waals surface area contributed by atoms with Crippen LogP contribution in [0.5, 0.6) is 0 Å². The van der Waals surface area contributed by atoms with E-state index in [0.29, 0.717) is 10.4 Å². The highest BCUT2D eigenvalue weighted by atomic mass is 32.1. The second-order valence-corrected chi connectivity index (χ2v) is 6.27. The van der Waals surface area contributed by atoms with Gasteiger partial charge in [0.25, 0.3) is 0 Å². The first-order valence-corrected chi connectivity index (χ1v) is 7.10. The Hall–Kier alpha value is -2.12. The Balaban J connectivity index is 2.23. The van der Waals surface area contributed by atoms with Crippen molar-refractivity contribution in [2.75, 3.05) is 0 Å². The molecule has 4 heteroatoms. The van der Waals surface area contributed by atoms with E-state index in [0.717, 1.165) is 11.1 Å². The van der Waals surface area contributed by atoms with E-state index in [9.17, 15) is 4.79 Å². The van der Waals surface area contributed by atoms with Crippen molar-refractivity contribution in [2.45, 2.75) is 26.4 Å². The van der Waals surface area contributed by atoms with Crippen LogP contribution in [-0.2, 0) is 4.74 Å². The van der Waals surface area contributed by atoms with E-state index in [1.165, 1.54) is 11.3 Å². The summed E-state index contributed by atoms with van der Waals surface area (Å²) >= 11 is 1.41. The molecule has 0 spiro atoms. The van der Waals surface area contributed by atoms with E-state index in [2.05, 4.69) is 6.07 Å². The van der Waals surface area contributed by atoms with Crippen molar-refractivity contribution in [3.8, 4) is 17.2 Å². The maximum atomic E-state index is 11.9. The van der Waals surface area contributed by atoms with Gasteiger partial charge in [0.1, 0.15) is 16.5 Å². The van der Waals surface area contributed by atoms with Crippen LogP contribution in [0.25, 0.3) is 11.1 Å². The molecule has 102 valence electrons. The fourth-order valence-corrected chi connectivity index (χ4v) is 2.45. The number of carbonyl (C=O) groups is 1. The van der Waals surface area contributed by atoms with Gasteiger partial charge in [-0.05, 0) is 49.9 Å². The molecule has 1 heterocycles. The van der Waals surface area contributed by atoms with Gasteiger partial charge in [-0.2, -0.15) is 5.26 Å². The van der Waals surface area contributed by atoms with Crippen LogP contribution in [-0.4, -0.2) is 11.6 Å². The minimum absolute atomic E-state index is 0.338. The van der Waals surface area contributed by atoms with Gasteiger partial charge in [0.2, 0.25) is 0 Å². The first kappa shape index (κ1) is 14.3. The normalized spacial score (nSPS) is 10.9. The Morgan fingerprint density at radius 3 is 2.40 bits per heavy atom. The van der Waals surface area contributed by atoms with Gasteiger partial charge < -0.3 is 4.74 Å². The zero-order valence-corrected chi connectivity index (χ0v) is 12.5. The zero-order chi connectivity index (χ0) is 14.8. The SMILES string of the molecule is CC(C)(C)OC(=O)c1ccc(-c2ccsc2C#N)cc1. The number of ether oxygens (including phenoxy) is 1. The number of nitriles is 1. The number of nitrogens with zero attached hydrogens (tertiary/aromatic N) is 1. The molecular formula is C16H15NO2S. The molecule has 0 saturated heterocycles. The average Bonchev–Trinajstić information content (AvgIpc) is 2.85. The van der Waals surface area contributed by atoms with Crippen molar-refractivity contribution in [1.82, 2.24) is 0 Å². The van der Waals surface area contributed by atoms with Crippen LogP contribution in [0.3, 0.4) is 0 Å². The first-order valence-electron chi connectivity index (χ1n) is 6.22. The molecule has 1 aromatic carbocycles. The molecule has 3 nitrogen and oxygen atoms in total. The highest BCUT2D eigenvalue weighted by molar-refractivity contribution is 7.11. The van der Waals surface area contributed by atoms with Crippen LogP contribution in [0, 0.1) is 11.3 Å². The van der Waals surface area contributed by atoms with Gasteiger partial charge in [-0.3, -0.25) is 0 Å². The van der Waals surface area contributed by atoms with Gasteiger partial charge in [-0.25, -0.2) is 4.79 Å². The molecule has 1 aromatic heterocycles. The molecule has 0 fully saturated rings. The molecule has 2 aromatic rings. The van der Waals surface area contributed by atoms with Gasteiger partial charge in [0, 0.05) is 5.56 Å². The highest BCUT2D eigenvalue weighted by Gasteiger charge is 2.17. The van der Waals surface area contributed by atoms with Gasteiger partial charge in [0.05, 0.1) is 5.56 Å². The summed E-state index contributed by atoms with van der Waals surface area (Å²) in [6.45, 7) is 5.51. The summed E-state index contributed by atoms with van der Waals surface area (Å²) in [5.41, 5.74) is 1.83. The highest BCUT2D eigenvalue weighted by Crippen LogP contribution is 2.28. The minimum atomic E-state index is -0.503. The fraction of sp³-hybridized carbons (Fsp3) is 0.250. The largest absolute Gasteiger partial charge is 0.456 e. The molecule has 0 aliphatic rings. The lowest BCUT2D eigenvalue weighted by Gasteiger charge is -2.19. The van der Waals surface area contributed by atoms with Crippen molar-refractivity contribution in [3.63, 3.8) is 0 Å². The van der Waals surface area contributed by atoms with E-state index in [1.807, 2.05) is 44.4 Å². The van der Waals surface area contributed by atoms with E-state index >= 15 is 0 Å². The quantitative estimate of drug-likeness (QED) is 0.775. The lowest BCUT2D eigenvalue weighted by atomic mass is 10.0. The van der Waals surface area contributed by atoms with E-state index < -0.39 is 5.60 Å². The van der Waals surface area contributed by atoms with Crippen LogP contribution in [0.2, 0.25) is 0 Å². The van der Waals surface area contributed by atoms with Crippen LogP contribution in [0.1, 0.15) is 36.0 Å². The third-order valence-electron chi connectivity index (χ3n) is 2.60. The maximum Gasteiger partial charge on any atom is 0.338 e. The van der Waals surface area contributed by atoms with E-state index in [4.69, 9.17) is 10.00 Å². The molecule has 0 amide bonds. The fourth-order valence-electron chi connectivity index (χ4n) is 1.75. The summed E-state index contributed by atoms with van der Waals surface area (Å²) in [6.07, 6.45) is 0. The van der Waals surface area contributed by atoms with Crippen molar-refractivity contribution < 1.29 is 9.53 Å². The third-order valence-corrected chi connectivity index (χ3v) is 3.42. The maximum absolute atomic E-state index is 11.9. The summed E-state index contributed by atoms with van der Waals surface area (Å²) in [5.74, 6) is -0.338. The molecule has 0 N–H and O–H groups in total. The summed E-state index contributed by atoms with van der Waals surface area (Å²) in [7, 11) is 0. The Bertz CT molecular complexity index is 657. The summed E-state index contributed by atoms with van der Waals surface area (Å²) < 4.78 is 5.31. The predicted molar refractivity (Wildman–Crippen MR) is 79.6 cm³/mol. The van der Waals surface area contributed by atoms with Crippen molar-refractivity contribution in [2.24, 2.45) is 0 Å². The summed E-state index contributed by atoms with van der Waals surface area (Å²) in [4.78, 5) is 12.6. The third kappa shape index (κ3) is 3.25. The molecule has 0 atom stereocenters. The van der Waals surface area contributed by atoms with Crippen molar-refractivity contribution in [3.05, 3.63) is 46.2 Å². The molecule has 0 aliphatic carbocycles. The molecule has 0 unspecified atom stereocenters. The van der Waals surface area contributed by atoms with Gasteiger partial charge in [0.15, 0.2) is 0 Å². The average molecular weight is 285 g/mol. The molecule has 0 radical (unpaired) electrons. The van der Waals surface area contributed by atoms with E-state index in [-0.39, 0.29) is 5.97 Å². The Labute approximate surface area is 122 Å². The predicted octanol–water partition coefficient (Wildman–Crippen LogP) is 4.24. The lowest BCUT2D eigenvalue weighted by Crippen LogP contribution is -2.23. The number of benzene rings is 1. The molecule has 0 aliphatic heterocycles. The number of carbonyl (C=O) groups excluding carboxylic acids is 1. The molecule has 2 rings (SSSR count).